The summed E-state index contributed by atoms with van der Waals surface area (Å²) < 4.78 is 25.8. The van der Waals surface area contributed by atoms with E-state index in [1.807, 2.05) is 63.1 Å². The molecule has 1 fully saturated rings. The van der Waals surface area contributed by atoms with Gasteiger partial charge in [-0.15, -0.1) is 0 Å². The Hall–Kier alpha value is -1.38. The van der Waals surface area contributed by atoms with Gasteiger partial charge in [0.15, 0.2) is 0 Å². The topological polar surface area (TPSA) is 66.5 Å². The van der Waals surface area contributed by atoms with E-state index in [1.165, 1.54) is 6.26 Å². The fourth-order valence-electron chi connectivity index (χ4n) is 5.01. The molecule has 0 radical (unpaired) electrons. The number of halogens is 2. The van der Waals surface area contributed by atoms with Crippen LogP contribution in [0.3, 0.4) is 0 Å². The average Bonchev–Trinajstić information content (AvgIpc) is 2.78. The van der Waals surface area contributed by atoms with Gasteiger partial charge in [-0.05, 0) is 88.4 Å². The molecule has 0 saturated carbocycles. The van der Waals surface area contributed by atoms with Crippen molar-refractivity contribution in [2.45, 2.75) is 57.7 Å². The molecule has 0 spiro atoms. The van der Waals surface area contributed by atoms with Crippen LogP contribution in [0.2, 0.25) is 16.9 Å². The summed E-state index contributed by atoms with van der Waals surface area (Å²) in [7, 11) is -3.20. The number of rotatable bonds is 10. The summed E-state index contributed by atoms with van der Waals surface area (Å²) in [6, 6.07) is 13.5. The highest BCUT2D eigenvalue weighted by molar-refractivity contribution is 7.88. The third-order valence-electron chi connectivity index (χ3n) is 7.11. The normalized spacial score (nSPS) is 17.2. The molecule has 1 heterocycles. The average molecular weight is 537 g/mol. The first-order valence-electron chi connectivity index (χ1n) is 12.1. The van der Waals surface area contributed by atoms with Crippen LogP contribution in [0.25, 0.3) is 0 Å². The van der Waals surface area contributed by atoms with Gasteiger partial charge in [-0.3, -0.25) is 0 Å². The summed E-state index contributed by atoms with van der Waals surface area (Å²) in [6.07, 6.45) is 4.04. The van der Waals surface area contributed by atoms with Gasteiger partial charge in [0.25, 0.3) is 0 Å². The van der Waals surface area contributed by atoms with Crippen molar-refractivity contribution in [1.82, 2.24) is 9.62 Å². The highest BCUT2D eigenvalue weighted by Gasteiger charge is 2.39. The maximum atomic E-state index is 14.0. The number of piperidine rings is 1. The zero-order chi connectivity index (χ0) is 25.8. The van der Waals surface area contributed by atoms with Crippen molar-refractivity contribution in [2.75, 3.05) is 25.9 Å². The largest absolute Gasteiger partial charge is 0.310 e. The van der Waals surface area contributed by atoms with Crippen LogP contribution in [0, 0.1) is 6.92 Å². The molecule has 3 rings (SSSR count). The van der Waals surface area contributed by atoms with Gasteiger partial charge in [-0.25, -0.2) is 13.1 Å². The fraction of sp³-hybridized carbons (Fsp3) is 0.500. The van der Waals surface area contributed by atoms with Gasteiger partial charge in [-0.2, -0.15) is 0 Å². The number of sulfonamides is 1. The molecule has 0 bridgehead atoms. The fourth-order valence-corrected chi connectivity index (χ4v) is 6.18. The lowest BCUT2D eigenvalue weighted by Gasteiger charge is -2.36. The molecular formula is C26H35BCl2N2O3S. The maximum absolute atomic E-state index is 14.0. The van der Waals surface area contributed by atoms with Crippen LogP contribution in [0.15, 0.2) is 42.5 Å². The van der Waals surface area contributed by atoms with Gasteiger partial charge in [0, 0.05) is 21.5 Å². The SMILES string of the molecule is CB(Cc1cccc(Cl)c1)C(=O)C(C)(CCN1CCC(NS(C)(=O)=O)CC1)c1ccc(Cl)c(C)c1. The summed E-state index contributed by atoms with van der Waals surface area (Å²) in [6.45, 7) is 8.19. The van der Waals surface area contributed by atoms with E-state index >= 15 is 0 Å². The van der Waals surface area contributed by atoms with Crippen molar-refractivity contribution in [3.63, 3.8) is 0 Å². The van der Waals surface area contributed by atoms with E-state index < -0.39 is 15.4 Å². The third kappa shape index (κ3) is 7.80. The molecule has 2 aromatic rings. The van der Waals surface area contributed by atoms with E-state index in [4.69, 9.17) is 23.2 Å². The molecule has 1 aliphatic rings. The zero-order valence-corrected chi connectivity index (χ0v) is 23.3. The smallest absolute Gasteiger partial charge is 0.225 e. The van der Waals surface area contributed by atoms with Crippen molar-refractivity contribution >= 4 is 45.6 Å². The van der Waals surface area contributed by atoms with Crippen molar-refractivity contribution in [2.24, 2.45) is 0 Å². The number of nitrogens with zero attached hydrogens (tertiary/aromatic N) is 1. The number of likely N-dealkylation sites (tertiary alicyclic amines) is 1. The molecule has 190 valence electrons. The van der Waals surface area contributed by atoms with E-state index in [1.54, 1.807) is 0 Å². The first kappa shape index (κ1) is 28.2. The Bertz CT molecular complexity index is 1150. The zero-order valence-electron chi connectivity index (χ0n) is 21.0. The number of hydrogen-bond acceptors (Lipinski definition) is 4. The van der Waals surface area contributed by atoms with Gasteiger partial charge in [0.2, 0.25) is 16.7 Å². The minimum atomic E-state index is -3.20. The Morgan fingerprint density at radius 2 is 1.86 bits per heavy atom. The molecule has 9 heteroatoms. The highest BCUT2D eigenvalue weighted by Crippen LogP contribution is 2.33. The Kier molecular flexibility index (Phi) is 9.49. The van der Waals surface area contributed by atoms with Crippen LogP contribution >= 0.6 is 23.2 Å². The minimum Gasteiger partial charge on any atom is -0.310 e. The van der Waals surface area contributed by atoms with Crippen LogP contribution in [0.5, 0.6) is 0 Å². The van der Waals surface area contributed by atoms with Crippen LogP contribution in [-0.2, 0) is 26.6 Å². The minimum absolute atomic E-state index is 0.0223. The highest BCUT2D eigenvalue weighted by atomic mass is 35.5. The van der Waals surface area contributed by atoms with Crippen molar-refractivity contribution in [3.05, 3.63) is 69.2 Å². The van der Waals surface area contributed by atoms with Crippen LogP contribution < -0.4 is 4.72 Å². The third-order valence-corrected chi connectivity index (χ3v) is 8.53. The summed E-state index contributed by atoms with van der Waals surface area (Å²) >= 11 is 12.5. The molecule has 1 N–H and O–H groups in total. The lowest BCUT2D eigenvalue weighted by atomic mass is 9.39. The molecule has 35 heavy (non-hydrogen) atoms. The Morgan fingerprint density at radius 3 is 2.46 bits per heavy atom. The maximum Gasteiger partial charge on any atom is 0.225 e. The monoisotopic (exact) mass is 536 g/mol. The van der Waals surface area contributed by atoms with Gasteiger partial charge in [0.05, 0.1) is 6.26 Å². The first-order chi connectivity index (χ1) is 16.4. The van der Waals surface area contributed by atoms with Crippen molar-refractivity contribution < 1.29 is 13.2 Å². The van der Waals surface area contributed by atoms with Gasteiger partial charge < -0.3 is 9.69 Å². The quantitative estimate of drug-likeness (QED) is 0.435. The van der Waals surface area contributed by atoms with Crippen LogP contribution in [0.1, 0.15) is 42.9 Å². The predicted octanol–water partition coefficient (Wildman–Crippen LogP) is 4.98. The van der Waals surface area contributed by atoms with Crippen LogP contribution in [-0.4, -0.2) is 57.6 Å². The number of carbonyl (C=O) groups excluding carboxylic acids is 1. The number of benzene rings is 2. The Morgan fingerprint density at radius 1 is 1.17 bits per heavy atom. The van der Waals surface area contributed by atoms with Crippen molar-refractivity contribution in [3.8, 4) is 0 Å². The lowest BCUT2D eigenvalue weighted by molar-refractivity contribution is -0.117. The number of aryl methyl sites for hydroxylation is 1. The summed E-state index contributed by atoms with van der Waals surface area (Å²) in [5.41, 5.74) is 2.52. The first-order valence-corrected chi connectivity index (χ1v) is 14.8. The number of nitrogens with one attached hydrogen (secondary N) is 1. The number of carbonyl (C=O) groups is 1. The molecule has 1 aliphatic heterocycles. The molecule has 1 saturated heterocycles. The van der Waals surface area contributed by atoms with Gasteiger partial charge >= 0.3 is 0 Å². The predicted molar refractivity (Wildman–Crippen MR) is 147 cm³/mol. The van der Waals surface area contributed by atoms with Crippen molar-refractivity contribution in [1.29, 1.82) is 0 Å². The lowest BCUT2D eigenvalue weighted by Crippen LogP contribution is -2.48. The Balaban J connectivity index is 1.76. The molecule has 2 aromatic carbocycles. The second-order valence-corrected chi connectivity index (χ2v) is 12.8. The van der Waals surface area contributed by atoms with E-state index in [0.29, 0.717) is 22.8 Å². The summed E-state index contributed by atoms with van der Waals surface area (Å²) in [4.78, 5) is 16.3. The molecule has 0 aliphatic carbocycles. The van der Waals surface area contributed by atoms with E-state index in [2.05, 4.69) is 9.62 Å². The second kappa shape index (κ2) is 11.8. The number of hydrogen-bond donors (Lipinski definition) is 1. The summed E-state index contributed by atoms with van der Waals surface area (Å²) in [5, 5.41) is 1.36. The summed E-state index contributed by atoms with van der Waals surface area (Å²) in [5.74, 6) is 0. The molecular weight excluding hydrogens is 502 g/mol. The standard InChI is InChI=1S/C26H35BCl2N2O3S/c1-19-16-21(8-9-24(19)29)26(2,25(32)27(3)18-20-6-5-7-22(28)17-20)12-15-31-13-10-23(11-14-31)30-35(4,33)34/h5-9,16-17,23,30H,10-15,18H2,1-4H3. The van der Waals surface area contributed by atoms with E-state index in [0.717, 1.165) is 49.2 Å². The second-order valence-electron chi connectivity index (χ2n) is 10.2. The van der Waals surface area contributed by atoms with Crippen LogP contribution in [0.4, 0.5) is 0 Å². The molecule has 1 atom stereocenters. The molecule has 1 unspecified atom stereocenters. The van der Waals surface area contributed by atoms with Gasteiger partial charge in [-0.1, -0.05) is 59.9 Å². The molecule has 0 aromatic heterocycles. The van der Waals surface area contributed by atoms with E-state index in [-0.39, 0.29) is 18.4 Å². The molecule has 5 nitrogen and oxygen atoms in total. The Labute approximate surface area is 220 Å². The van der Waals surface area contributed by atoms with Gasteiger partial charge in [0.1, 0.15) is 5.68 Å². The molecule has 0 amide bonds. The van der Waals surface area contributed by atoms with E-state index in [9.17, 15) is 13.2 Å².